The third-order valence-corrected chi connectivity index (χ3v) is 15.1. The van der Waals surface area contributed by atoms with Crippen LogP contribution in [0, 0.1) is 0 Å². The van der Waals surface area contributed by atoms with Gasteiger partial charge in [0.25, 0.3) is 0 Å². The fourth-order valence-corrected chi connectivity index (χ4v) is 10.6. The Kier molecular flexibility index (Phi) is 24.0. The Morgan fingerprint density at radius 1 is 0.552 bits per heavy atom. The van der Waals surface area contributed by atoms with Gasteiger partial charge in [-0.2, -0.15) is 0 Å². The molecule has 2 fully saturated rings. The van der Waals surface area contributed by atoms with Crippen LogP contribution in [0.1, 0.15) is 60.8 Å². The molecule has 87 heavy (non-hydrogen) atoms. The quantitative estimate of drug-likeness (QED) is 0.0169. The highest BCUT2D eigenvalue weighted by atomic mass is 16.4. The highest BCUT2D eigenvalue weighted by Crippen LogP contribution is 2.29. The molecular formula is C63H76N12O12. The molecule has 7 rings (SSSR count). The molecule has 8 amide bonds. The molecule has 2 aliphatic rings. The summed E-state index contributed by atoms with van der Waals surface area (Å²) in [6.07, 6.45) is -0.541. The number of likely N-dealkylation sites (tertiary alicyclic amines) is 2. The lowest BCUT2D eigenvalue weighted by Gasteiger charge is -2.33. The Morgan fingerprint density at radius 2 is 1.01 bits per heavy atom. The zero-order valence-corrected chi connectivity index (χ0v) is 48.0. The number of rotatable bonds is 29. The number of guanidine groups is 1. The van der Waals surface area contributed by atoms with Crippen molar-refractivity contribution >= 4 is 59.2 Å². The number of amides is 8. The molecule has 24 heteroatoms. The summed E-state index contributed by atoms with van der Waals surface area (Å²) in [6.45, 7) is -1.33. The van der Waals surface area contributed by atoms with Crippen molar-refractivity contribution in [3.8, 4) is 11.1 Å². The van der Waals surface area contributed by atoms with Crippen LogP contribution in [0.25, 0.3) is 11.1 Å². The maximum absolute atomic E-state index is 14.4. The first-order chi connectivity index (χ1) is 41.9. The van der Waals surface area contributed by atoms with Gasteiger partial charge in [-0.15, -0.1) is 0 Å². The highest BCUT2D eigenvalue weighted by Gasteiger charge is 2.46. The van der Waals surface area contributed by atoms with Crippen LogP contribution in [0.2, 0.25) is 0 Å². The van der Waals surface area contributed by atoms with Crippen molar-refractivity contribution < 1.29 is 58.5 Å². The number of hydrogen-bond donors (Lipinski definition) is 12. The van der Waals surface area contributed by atoms with E-state index in [0.717, 1.165) is 21.6 Å². The second kappa shape index (κ2) is 32.1. The van der Waals surface area contributed by atoms with Crippen LogP contribution < -0.4 is 49.1 Å². The lowest BCUT2D eigenvalue weighted by Crippen LogP contribution is -2.60. The SMILES string of the molecule is NC(N)=NCCC[C@H](NC(=O)[C@H](Cc1ccccc1)NC(=O)[C@@H](Cc1ccccc1)NC(=O)[C@H](CO)NC(=O)[C@H](Cc1ccccc1)NC(=O)CNC(=O)C1CCC(O)N1C(=O)[C@@H]1CCCN1C(=O)C(N)Cc1ccc(-c2ccccc2)cc1)C(=O)O. The van der Waals surface area contributed by atoms with Gasteiger partial charge in [-0.05, 0) is 78.3 Å². The molecular weight excluding hydrogens is 1120 g/mol. The standard InChI is InChI=1S/C63H76N12O12/c64-45(33-42-25-27-44(28-26-42)43-21-11-4-12-22-43)60(84)74-32-14-24-52(74)61(85)75-51(29-30-54(75)78)59(83)68-37-53(77)69-47(34-39-15-5-1-6-16-39)55(79)73-50(38-76)58(82)72-49(36-41-19-9-3-10-20-41)57(81)71-48(35-40-17-7-2-8-18-40)56(80)70-46(62(86)87)23-13-31-67-63(65)66/h1-12,15-22,25-28,45-52,54,76,78H,13-14,23-24,29-38,64H2,(H,68,83)(H,69,77)(H,70,80)(H,71,81)(H,72,82)(H,73,79)(H,86,87)(H4,65,66,67)/t45?,46-,47-,48-,49+,50-,51?,52-,54?/m0/s1. The summed E-state index contributed by atoms with van der Waals surface area (Å²) in [5.74, 6) is -7.91. The number of nitrogens with zero attached hydrogens (tertiary/aromatic N) is 3. The molecule has 0 saturated carbocycles. The van der Waals surface area contributed by atoms with E-state index in [-0.39, 0.29) is 76.8 Å². The fourth-order valence-electron chi connectivity index (χ4n) is 10.6. The summed E-state index contributed by atoms with van der Waals surface area (Å²) in [4.78, 5) is 131. The number of aliphatic hydroxyl groups is 2. The maximum Gasteiger partial charge on any atom is 0.326 e. The molecule has 24 nitrogen and oxygen atoms in total. The van der Waals surface area contributed by atoms with Gasteiger partial charge >= 0.3 is 5.97 Å². The molecule has 5 aromatic rings. The second-order valence-electron chi connectivity index (χ2n) is 21.5. The van der Waals surface area contributed by atoms with Crippen LogP contribution in [-0.2, 0) is 68.8 Å². The van der Waals surface area contributed by atoms with Crippen LogP contribution in [-0.4, -0.2) is 165 Å². The number of aliphatic carboxylic acids is 1. The number of carboxylic acid groups (broad SMARTS) is 1. The average molecular weight is 1190 g/mol. The van der Waals surface area contributed by atoms with Gasteiger partial charge in [-0.3, -0.25) is 43.3 Å². The van der Waals surface area contributed by atoms with Gasteiger partial charge in [-0.1, -0.05) is 146 Å². The molecule has 0 aliphatic carbocycles. The van der Waals surface area contributed by atoms with Crippen LogP contribution >= 0.6 is 0 Å². The summed E-state index contributed by atoms with van der Waals surface area (Å²) in [5, 5.41) is 47.0. The van der Waals surface area contributed by atoms with E-state index in [2.05, 4.69) is 36.9 Å². The molecule has 0 aromatic heterocycles. The highest BCUT2D eigenvalue weighted by molar-refractivity contribution is 5.98. The normalized spacial score (nSPS) is 17.4. The lowest BCUT2D eigenvalue weighted by atomic mass is 10.0. The van der Waals surface area contributed by atoms with Crippen molar-refractivity contribution in [1.82, 2.24) is 41.7 Å². The van der Waals surface area contributed by atoms with Crippen molar-refractivity contribution in [3.63, 3.8) is 0 Å². The predicted octanol–water partition coefficient (Wildman–Crippen LogP) is -0.0774. The fraction of sp³-hybridized carbons (Fsp3) is 0.365. The number of hydrogen-bond acceptors (Lipinski definition) is 13. The van der Waals surface area contributed by atoms with E-state index < -0.39 is 121 Å². The second-order valence-corrected chi connectivity index (χ2v) is 21.5. The maximum atomic E-state index is 14.4. The van der Waals surface area contributed by atoms with Gasteiger partial charge < -0.3 is 74.2 Å². The van der Waals surface area contributed by atoms with Crippen molar-refractivity contribution in [2.45, 2.75) is 119 Å². The number of carbonyl (C=O) groups is 9. The minimum Gasteiger partial charge on any atom is -0.480 e. The van der Waals surface area contributed by atoms with Crippen molar-refractivity contribution in [1.29, 1.82) is 0 Å². The van der Waals surface area contributed by atoms with Gasteiger partial charge in [-0.25, -0.2) is 4.79 Å². The first-order valence-electron chi connectivity index (χ1n) is 28.9. The molecule has 3 unspecified atom stereocenters. The van der Waals surface area contributed by atoms with Gasteiger partial charge in [0.1, 0.15) is 48.5 Å². The average Bonchev–Trinajstić information content (AvgIpc) is 4.04. The minimum absolute atomic E-state index is 0.0388. The van der Waals surface area contributed by atoms with E-state index in [9.17, 15) is 58.5 Å². The van der Waals surface area contributed by atoms with Crippen molar-refractivity contribution in [2.75, 3.05) is 26.2 Å². The molecule has 0 spiro atoms. The first kappa shape index (κ1) is 65.0. The molecule has 2 aliphatic heterocycles. The van der Waals surface area contributed by atoms with Crippen molar-refractivity contribution in [3.05, 3.63) is 168 Å². The summed E-state index contributed by atoms with van der Waals surface area (Å²) in [5.41, 5.74) is 21.9. The molecule has 0 bridgehead atoms. The number of nitrogens with one attached hydrogen (secondary N) is 6. The number of carboxylic acids is 1. The molecule has 9 atom stereocenters. The summed E-state index contributed by atoms with van der Waals surface area (Å²) < 4.78 is 0. The monoisotopic (exact) mass is 1190 g/mol. The van der Waals surface area contributed by atoms with Gasteiger partial charge in [0.15, 0.2) is 5.96 Å². The summed E-state index contributed by atoms with van der Waals surface area (Å²) in [7, 11) is 0. The zero-order valence-electron chi connectivity index (χ0n) is 48.0. The van der Waals surface area contributed by atoms with Crippen LogP contribution in [0.3, 0.4) is 0 Å². The smallest absolute Gasteiger partial charge is 0.326 e. The minimum atomic E-state index is -1.71. The Morgan fingerprint density at radius 3 is 1.52 bits per heavy atom. The van der Waals surface area contributed by atoms with E-state index in [0.29, 0.717) is 23.1 Å². The lowest BCUT2D eigenvalue weighted by molar-refractivity contribution is -0.154. The van der Waals surface area contributed by atoms with Crippen LogP contribution in [0.15, 0.2) is 151 Å². The molecule has 2 saturated heterocycles. The zero-order chi connectivity index (χ0) is 62.4. The first-order valence-corrected chi connectivity index (χ1v) is 28.9. The Hall–Kier alpha value is -9.52. The predicted molar refractivity (Wildman–Crippen MR) is 322 cm³/mol. The van der Waals surface area contributed by atoms with Crippen molar-refractivity contribution in [2.24, 2.45) is 22.2 Å². The van der Waals surface area contributed by atoms with E-state index in [4.69, 9.17) is 17.2 Å². The molecule has 5 aromatic carbocycles. The van der Waals surface area contributed by atoms with Crippen LogP contribution in [0.4, 0.5) is 0 Å². The Bertz CT molecular complexity index is 3180. The third-order valence-electron chi connectivity index (χ3n) is 15.1. The summed E-state index contributed by atoms with van der Waals surface area (Å²) in [6, 6.07) is 32.6. The Balaban J connectivity index is 0.987. The van der Waals surface area contributed by atoms with E-state index in [1.807, 2.05) is 54.6 Å². The van der Waals surface area contributed by atoms with Crippen LogP contribution in [0.5, 0.6) is 0 Å². The van der Waals surface area contributed by atoms with Gasteiger partial charge in [0.05, 0.1) is 19.2 Å². The van der Waals surface area contributed by atoms with E-state index in [1.54, 1.807) is 91.0 Å². The van der Waals surface area contributed by atoms with E-state index in [1.165, 1.54) is 4.90 Å². The number of carbonyl (C=O) groups excluding carboxylic acids is 8. The molecule has 2 heterocycles. The van der Waals surface area contributed by atoms with E-state index >= 15 is 0 Å². The molecule has 0 radical (unpaired) electrons. The number of aliphatic hydroxyl groups excluding tert-OH is 2. The molecule has 460 valence electrons. The van der Waals surface area contributed by atoms with Gasteiger partial charge in [0, 0.05) is 32.4 Å². The third kappa shape index (κ3) is 19.0. The number of nitrogens with two attached hydrogens (primary N) is 3. The largest absolute Gasteiger partial charge is 0.480 e. The Labute approximate surface area is 503 Å². The van der Waals surface area contributed by atoms with Gasteiger partial charge in [0.2, 0.25) is 47.3 Å². The number of benzene rings is 5. The summed E-state index contributed by atoms with van der Waals surface area (Å²) >= 11 is 0. The number of aliphatic imine (C=N–C) groups is 1. The topological polar surface area (TPSA) is 383 Å². The molecule has 15 N–H and O–H groups in total.